The second kappa shape index (κ2) is 21.4. The van der Waals surface area contributed by atoms with E-state index >= 15 is 0 Å². The fourth-order valence-corrected chi connectivity index (χ4v) is 8.44. The molecule has 0 spiro atoms. The van der Waals surface area contributed by atoms with Gasteiger partial charge < -0.3 is 19.2 Å². The number of fused-ring (bicyclic) bond motifs is 1. The average Bonchev–Trinajstić information content (AvgIpc) is 3.98. The molecule has 1 saturated heterocycles. The lowest BCUT2D eigenvalue weighted by atomic mass is 10.0. The fourth-order valence-electron chi connectivity index (χ4n) is 8.44. The molecule has 8 rings (SSSR count). The molecule has 0 aliphatic carbocycles. The van der Waals surface area contributed by atoms with Crippen LogP contribution in [0.25, 0.3) is 11.1 Å². The zero-order chi connectivity index (χ0) is 46.7. The first-order valence-electron chi connectivity index (χ1n) is 22.6. The van der Waals surface area contributed by atoms with Crippen LogP contribution in [-0.4, -0.2) is 64.6 Å². The zero-order valence-electron chi connectivity index (χ0n) is 37.1. The van der Waals surface area contributed by atoms with Gasteiger partial charge in [-0.05, 0) is 97.5 Å². The number of benzene rings is 4. The van der Waals surface area contributed by atoms with Gasteiger partial charge in [0.2, 0.25) is 17.7 Å². The van der Waals surface area contributed by atoms with Crippen LogP contribution in [0.2, 0.25) is 0 Å². The summed E-state index contributed by atoms with van der Waals surface area (Å²) in [7, 11) is 0. The fraction of sp³-hybridized carbons (Fsp3) is 0.264. The molecule has 2 N–H and O–H groups in total. The Balaban J connectivity index is 0.814. The van der Waals surface area contributed by atoms with Crippen LogP contribution in [0.5, 0.6) is 11.5 Å². The second-order valence-corrected chi connectivity index (χ2v) is 16.5. The SMILES string of the molecule is CC(NC(=O)C(c1cccnc1)N(C(=O)c1ccco1)c1ccc(-c2ccccc2)cc1)c1cccc(OCCCCCCCCOc2cccc3c2C(=O)N(C2CCC(=O)NC2=O)C3=O)c1. The Bertz CT molecular complexity index is 2710. The number of furan rings is 1. The van der Waals surface area contributed by atoms with E-state index in [1.54, 1.807) is 54.9 Å². The number of nitrogens with zero attached hydrogens (tertiary/aromatic N) is 3. The lowest BCUT2D eigenvalue weighted by molar-refractivity contribution is -0.136. The first-order valence-corrected chi connectivity index (χ1v) is 22.6. The number of anilines is 1. The van der Waals surface area contributed by atoms with Gasteiger partial charge in [0.1, 0.15) is 23.6 Å². The number of carbonyl (C=O) groups is 6. The molecular formula is C53H51N5O9. The van der Waals surface area contributed by atoms with E-state index < -0.39 is 53.6 Å². The number of aromatic nitrogens is 1. The summed E-state index contributed by atoms with van der Waals surface area (Å²) in [5.74, 6) is -2.03. The molecule has 2 aliphatic heterocycles. The highest BCUT2D eigenvalue weighted by atomic mass is 16.5. The van der Waals surface area contributed by atoms with E-state index in [-0.39, 0.29) is 29.7 Å². The van der Waals surface area contributed by atoms with Gasteiger partial charge in [0, 0.05) is 30.1 Å². The van der Waals surface area contributed by atoms with Crippen molar-refractivity contribution in [3.05, 3.63) is 168 Å². The molecule has 0 radical (unpaired) electrons. The van der Waals surface area contributed by atoms with Gasteiger partial charge in [-0.2, -0.15) is 0 Å². The maximum absolute atomic E-state index is 14.5. The number of ether oxygens (including phenoxy) is 2. The van der Waals surface area contributed by atoms with Crippen molar-refractivity contribution < 1.29 is 42.7 Å². The number of rotatable bonds is 20. The number of amides is 6. The van der Waals surface area contributed by atoms with E-state index in [1.807, 2.05) is 85.8 Å². The molecule has 3 unspecified atom stereocenters. The Kier molecular flexibility index (Phi) is 14.6. The molecule has 6 amide bonds. The van der Waals surface area contributed by atoms with Crippen LogP contribution < -0.4 is 25.0 Å². The quantitative estimate of drug-likeness (QED) is 0.0556. The van der Waals surface area contributed by atoms with E-state index in [0.717, 1.165) is 60.1 Å². The third-order valence-corrected chi connectivity index (χ3v) is 11.9. The first kappa shape index (κ1) is 45.7. The number of imide groups is 2. The number of nitrogens with one attached hydrogen (secondary N) is 2. The molecule has 3 atom stereocenters. The zero-order valence-corrected chi connectivity index (χ0v) is 37.1. The summed E-state index contributed by atoms with van der Waals surface area (Å²) in [5, 5.41) is 5.36. The maximum atomic E-state index is 14.5. The highest BCUT2D eigenvalue weighted by molar-refractivity contribution is 6.24. The largest absolute Gasteiger partial charge is 0.494 e. The van der Waals surface area contributed by atoms with Crippen molar-refractivity contribution in [2.24, 2.45) is 0 Å². The van der Waals surface area contributed by atoms with Crippen molar-refractivity contribution in [3.8, 4) is 22.6 Å². The molecule has 14 heteroatoms. The third-order valence-electron chi connectivity index (χ3n) is 11.9. The molecule has 1 fully saturated rings. The lowest BCUT2D eigenvalue weighted by Crippen LogP contribution is -2.54. The van der Waals surface area contributed by atoms with Gasteiger partial charge in [-0.25, -0.2) is 0 Å². The smallest absolute Gasteiger partial charge is 0.294 e. The molecule has 342 valence electrons. The molecule has 0 bridgehead atoms. The molecule has 2 aliphatic rings. The van der Waals surface area contributed by atoms with Gasteiger partial charge in [-0.15, -0.1) is 0 Å². The number of carbonyl (C=O) groups excluding carboxylic acids is 6. The van der Waals surface area contributed by atoms with Crippen molar-refractivity contribution in [1.29, 1.82) is 0 Å². The summed E-state index contributed by atoms with van der Waals surface area (Å²) in [5.41, 5.74) is 4.19. The Hall–Kier alpha value is -7.87. The monoisotopic (exact) mass is 901 g/mol. The number of unbranched alkanes of at least 4 members (excludes halogenated alkanes) is 5. The van der Waals surface area contributed by atoms with Crippen LogP contribution in [0.3, 0.4) is 0 Å². The van der Waals surface area contributed by atoms with E-state index in [9.17, 15) is 28.8 Å². The normalized spacial score (nSPS) is 15.4. The van der Waals surface area contributed by atoms with Crippen molar-refractivity contribution in [2.75, 3.05) is 18.1 Å². The van der Waals surface area contributed by atoms with Crippen LogP contribution in [0.1, 0.15) is 113 Å². The molecule has 0 saturated carbocycles. The van der Waals surface area contributed by atoms with Crippen molar-refractivity contribution >= 4 is 41.1 Å². The van der Waals surface area contributed by atoms with Crippen molar-refractivity contribution in [3.63, 3.8) is 0 Å². The van der Waals surface area contributed by atoms with Gasteiger partial charge >= 0.3 is 0 Å². The standard InChI is InChI=1S/C53H51N5O9/c1-35(55-50(61)48(39-18-13-29-54-34-39)57(52(63)45-22-14-32-67-45)40-25-23-37(24-26-40)36-15-7-6-8-16-36)38-17-11-19-41(33-38)65-30-9-4-2-3-5-10-31-66-44-21-12-20-42-47(44)53(64)58(51(42)62)43-27-28-46(59)56-49(43)60/h6-8,11-26,29,32-35,43,48H,2-5,9-10,27-28,30-31H2,1H3,(H,55,61)(H,56,59,60). The predicted molar refractivity (Wildman–Crippen MR) is 249 cm³/mol. The van der Waals surface area contributed by atoms with Crippen molar-refractivity contribution in [1.82, 2.24) is 20.5 Å². The Labute approximate surface area is 388 Å². The summed E-state index contributed by atoms with van der Waals surface area (Å²) >= 11 is 0. The molecule has 14 nitrogen and oxygen atoms in total. The second-order valence-electron chi connectivity index (χ2n) is 16.5. The third kappa shape index (κ3) is 10.7. The predicted octanol–water partition coefficient (Wildman–Crippen LogP) is 8.81. The van der Waals surface area contributed by atoms with Gasteiger partial charge in [0.15, 0.2) is 5.76 Å². The molecule has 4 heterocycles. The molecular weight excluding hydrogens is 851 g/mol. The topological polar surface area (TPSA) is 177 Å². The van der Waals surface area contributed by atoms with E-state index in [0.29, 0.717) is 36.0 Å². The van der Waals surface area contributed by atoms with Gasteiger partial charge in [0.05, 0.1) is 36.6 Å². The van der Waals surface area contributed by atoms with Crippen LogP contribution in [-0.2, 0) is 14.4 Å². The minimum absolute atomic E-state index is 0.0550. The Morgan fingerprint density at radius 2 is 1.49 bits per heavy atom. The first-order chi connectivity index (χ1) is 32.7. The molecule has 4 aromatic carbocycles. The summed E-state index contributed by atoms with van der Waals surface area (Å²) in [6.45, 7) is 2.77. The van der Waals surface area contributed by atoms with E-state index in [1.165, 1.54) is 11.2 Å². The Morgan fingerprint density at radius 1 is 0.776 bits per heavy atom. The number of pyridine rings is 1. The van der Waals surface area contributed by atoms with Gasteiger partial charge in [-0.3, -0.25) is 48.9 Å². The van der Waals surface area contributed by atoms with Crippen LogP contribution in [0, 0.1) is 0 Å². The van der Waals surface area contributed by atoms with Crippen LogP contribution >= 0.6 is 0 Å². The van der Waals surface area contributed by atoms with Gasteiger partial charge in [-0.1, -0.05) is 92.4 Å². The molecule has 2 aromatic heterocycles. The minimum Gasteiger partial charge on any atom is -0.494 e. The van der Waals surface area contributed by atoms with Crippen LogP contribution in [0.15, 0.2) is 144 Å². The summed E-state index contributed by atoms with van der Waals surface area (Å²) in [6, 6.07) is 34.0. The Morgan fingerprint density at radius 3 is 2.21 bits per heavy atom. The van der Waals surface area contributed by atoms with Gasteiger partial charge in [0.25, 0.3) is 17.7 Å². The highest BCUT2D eigenvalue weighted by Crippen LogP contribution is 2.35. The van der Waals surface area contributed by atoms with E-state index in [4.69, 9.17) is 13.9 Å². The summed E-state index contributed by atoms with van der Waals surface area (Å²) in [6.07, 6.45) is 10.2. The minimum atomic E-state index is -1.09. The summed E-state index contributed by atoms with van der Waals surface area (Å²) < 4.78 is 17.7. The lowest BCUT2D eigenvalue weighted by Gasteiger charge is -2.31. The van der Waals surface area contributed by atoms with E-state index in [2.05, 4.69) is 15.6 Å². The maximum Gasteiger partial charge on any atom is 0.294 e. The van der Waals surface area contributed by atoms with Crippen molar-refractivity contribution in [2.45, 2.75) is 76.4 Å². The highest BCUT2D eigenvalue weighted by Gasteiger charge is 2.46. The molecule has 67 heavy (non-hydrogen) atoms. The number of hydrogen-bond acceptors (Lipinski definition) is 10. The number of piperidine rings is 1. The number of hydrogen-bond donors (Lipinski definition) is 2. The summed E-state index contributed by atoms with van der Waals surface area (Å²) in [4.78, 5) is 85.9. The van der Waals surface area contributed by atoms with Crippen LogP contribution in [0.4, 0.5) is 5.69 Å². The average molecular weight is 902 g/mol. The molecule has 6 aromatic rings.